The monoisotopic (exact) mass is 433 g/mol. The van der Waals surface area contributed by atoms with Crippen LogP contribution in [0.15, 0.2) is 46.9 Å². The summed E-state index contributed by atoms with van der Waals surface area (Å²) in [5, 5.41) is 3.52. The van der Waals surface area contributed by atoms with Crippen molar-refractivity contribution in [2.24, 2.45) is 0 Å². The lowest BCUT2D eigenvalue weighted by Gasteiger charge is -2.44. The van der Waals surface area contributed by atoms with E-state index in [1.165, 1.54) is 0 Å². The minimum Gasteiger partial charge on any atom is -0.379 e. The Labute approximate surface area is 165 Å². The molecule has 0 unspecified atom stereocenters. The first kappa shape index (κ1) is 17.7. The maximum atomic E-state index is 13.3. The third-order valence-corrected chi connectivity index (χ3v) is 6.22. The number of hydrogen-bond donors (Lipinski definition) is 1. The second-order valence-electron chi connectivity index (χ2n) is 6.79. The number of fused-ring (bicyclic) bond motifs is 2. The van der Waals surface area contributed by atoms with Gasteiger partial charge in [0.15, 0.2) is 0 Å². The SMILES string of the molecule is CO[C@H]1CC(=O)C[C@@H](c2cccc(Br)c2)[C@]12C(=O)Nc1cc(Cl)ccc12. The van der Waals surface area contributed by atoms with E-state index >= 15 is 0 Å². The highest BCUT2D eigenvalue weighted by molar-refractivity contribution is 9.10. The normalized spacial score (nSPS) is 27.5. The molecule has 4 rings (SSSR count). The molecule has 4 nitrogen and oxygen atoms in total. The first-order valence-electron chi connectivity index (χ1n) is 8.38. The van der Waals surface area contributed by atoms with Gasteiger partial charge in [0.05, 0.1) is 6.10 Å². The minimum atomic E-state index is -0.955. The van der Waals surface area contributed by atoms with E-state index in [1.54, 1.807) is 19.2 Å². The zero-order valence-corrected chi connectivity index (χ0v) is 16.4. The molecule has 2 aromatic rings. The summed E-state index contributed by atoms with van der Waals surface area (Å²) in [7, 11) is 1.56. The number of carbonyl (C=O) groups excluding carboxylic acids is 2. The molecule has 3 atom stereocenters. The Bertz CT molecular complexity index is 916. The molecule has 0 bridgehead atoms. The quantitative estimate of drug-likeness (QED) is 0.759. The van der Waals surface area contributed by atoms with Crippen molar-refractivity contribution < 1.29 is 14.3 Å². The summed E-state index contributed by atoms with van der Waals surface area (Å²) in [4.78, 5) is 25.8. The summed E-state index contributed by atoms with van der Waals surface area (Å²) < 4.78 is 6.62. The number of anilines is 1. The molecule has 1 heterocycles. The van der Waals surface area contributed by atoms with Gasteiger partial charge in [-0.25, -0.2) is 0 Å². The molecule has 1 aliphatic carbocycles. The molecule has 26 heavy (non-hydrogen) atoms. The molecule has 6 heteroatoms. The maximum absolute atomic E-state index is 13.3. The average molecular weight is 435 g/mol. The van der Waals surface area contributed by atoms with Crippen molar-refractivity contribution in [2.75, 3.05) is 12.4 Å². The van der Waals surface area contributed by atoms with E-state index in [1.807, 2.05) is 30.3 Å². The zero-order valence-electron chi connectivity index (χ0n) is 14.1. The molecule has 134 valence electrons. The molecular weight excluding hydrogens is 418 g/mol. The fourth-order valence-electron chi connectivity index (χ4n) is 4.43. The van der Waals surface area contributed by atoms with Gasteiger partial charge in [-0.1, -0.05) is 45.7 Å². The molecule has 0 aromatic heterocycles. The predicted octanol–water partition coefficient (Wildman–Crippen LogP) is 4.45. The highest BCUT2D eigenvalue weighted by Gasteiger charge is 2.60. The van der Waals surface area contributed by atoms with E-state index in [2.05, 4.69) is 21.2 Å². The molecule has 0 saturated heterocycles. The third-order valence-electron chi connectivity index (χ3n) is 5.49. The van der Waals surface area contributed by atoms with Crippen LogP contribution in [-0.4, -0.2) is 24.9 Å². The number of nitrogens with one attached hydrogen (secondary N) is 1. The molecule has 2 aliphatic rings. The Kier molecular flexibility index (Phi) is 4.41. The van der Waals surface area contributed by atoms with Gasteiger partial charge in [-0.3, -0.25) is 9.59 Å². The van der Waals surface area contributed by atoms with Gasteiger partial charge >= 0.3 is 0 Å². The number of ether oxygens (including phenoxy) is 1. The molecule has 0 radical (unpaired) electrons. The van der Waals surface area contributed by atoms with Gasteiger partial charge in [-0.15, -0.1) is 0 Å². The van der Waals surface area contributed by atoms with E-state index in [4.69, 9.17) is 16.3 Å². The number of halogens is 2. The van der Waals surface area contributed by atoms with Crippen LogP contribution in [0.4, 0.5) is 5.69 Å². The second-order valence-corrected chi connectivity index (χ2v) is 8.14. The summed E-state index contributed by atoms with van der Waals surface area (Å²) in [6, 6.07) is 13.2. The van der Waals surface area contributed by atoms with Crippen LogP contribution in [0.5, 0.6) is 0 Å². The number of amides is 1. The molecule has 1 spiro atoms. The Hall–Kier alpha value is -1.69. The summed E-state index contributed by atoms with van der Waals surface area (Å²) in [5.74, 6) is -0.351. The Morgan fingerprint density at radius 3 is 2.73 bits per heavy atom. The van der Waals surface area contributed by atoms with Crippen molar-refractivity contribution in [3.8, 4) is 0 Å². The number of ketones is 1. The molecule has 1 N–H and O–H groups in total. The number of carbonyl (C=O) groups is 2. The van der Waals surface area contributed by atoms with Gasteiger partial charge in [0.25, 0.3) is 0 Å². The van der Waals surface area contributed by atoms with Gasteiger partial charge in [-0.05, 0) is 35.4 Å². The summed E-state index contributed by atoms with van der Waals surface area (Å²) in [5.41, 5.74) is 1.52. The lowest BCUT2D eigenvalue weighted by atomic mass is 9.59. The van der Waals surface area contributed by atoms with Crippen LogP contribution in [0.3, 0.4) is 0 Å². The second kappa shape index (κ2) is 6.48. The van der Waals surface area contributed by atoms with Crippen LogP contribution >= 0.6 is 27.5 Å². The highest BCUT2D eigenvalue weighted by atomic mass is 79.9. The molecule has 1 saturated carbocycles. The smallest absolute Gasteiger partial charge is 0.238 e. The van der Waals surface area contributed by atoms with Crippen molar-refractivity contribution in [3.63, 3.8) is 0 Å². The average Bonchev–Trinajstić information content (AvgIpc) is 2.88. The minimum absolute atomic E-state index is 0.0997. The standard InChI is InChI=1S/C20H17BrClNO3/c1-26-18-10-14(24)9-16(11-3-2-4-12(21)7-11)20(18)15-6-5-13(22)8-17(15)23-19(20)25/h2-8,16,18H,9-10H2,1H3,(H,23,25)/t16-,18-,20-/m0/s1. The van der Waals surface area contributed by atoms with E-state index in [0.29, 0.717) is 17.1 Å². The predicted molar refractivity (Wildman–Crippen MR) is 104 cm³/mol. The van der Waals surface area contributed by atoms with E-state index in [-0.39, 0.29) is 24.0 Å². The van der Waals surface area contributed by atoms with E-state index in [9.17, 15) is 9.59 Å². The number of Topliss-reactive ketones (excluding diaryl/α,β-unsaturated/α-hetero) is 1. The van der Waals surface area contributed by atoms with Crippen LogP contribution in [0.2, 0.25) is 5.02 Å². The van der Waals surface area contributed by atoms with Crippen molar-refractivity contribution in [3.05, 3.63) is 63.1 Å². The zero-order chi connectivity index (χ0) is 18.5. The molecule has 1 amide bonds. The van der Waals surface area contributed by atoms with Crippen LogP contribution in [0.25, 0.3) is 0 Å². The molecular formula is C20H17BrClNO3. The van der Waals surface area contributed by atoms with Crippen LogP contribution in [-0.2, 0) is 19.7 Å². The van der Waals surface area contributed by atoms with Crippen LogP contribution in [0.1, 0.15) is 29.9 Å². The van der Waals surface area contributed by atoms with Crippen molar-refractivity contribution >= 4 is 44.9 Å². The maximum Gasteiger partial charge on any atom is 0.238 e. The largest absolute Gasteiger partial charge is 0.379 e. The number of rotatable bonds is 2. The molecule has 1 fully saturated rings. The third kappa shape index (κ3) is 2.53. The van der Waals surface area contributed by atoms with Crippen LogP contribution < -0.4 is 5.32 Å². The lowest BCUT2D eigenvalue weighted by Crippen LogP contribution is -2.55. The Balaban J connectivity index is 1.97. The van der Waals surface area contributed by atoms with E-state index < -0.39 is 11.5 Å². The first-order chi connectivity index (χ1) is 12.5. The molecule has 2 aromatic carbocycles. The van der Waals surface area contributed by atoms with Gasteiger partial charge < -0.3 is 10.1 Å². The lowest BCUT2D eigenvalue weighted by molar-refractivity contribution is -0.137. The first-order valence-corrected chi connectivity index (χ1v) is 9.55. The van der Waals surface area contributed by atoms with E-state index in [0.717, 1.165) is 15.6 Å². The summed E-state index contributed by atoms with van der Waals surface area (Å²) >= 11 is 9.62. The number of hydrogen-bond acceptors (Lipinski definition) is 3. The Morgan fingerprint density at radius 2 is 2.00 bits per heavy atom. The van der Waals surface area contributed by atoms with Crippen molar-refractivity contribution in [1.29, 1.82) is 0 Å². The van der Waals surface area contributed by atoms with Gasteiger partial charge in [0.2, 0.25) is 5.91 Å². The Morgan fingerprint density at radius 1 is 1.19 bits per heavy atom. The number of methoxy groups -OCH3 is 1. The fraction of sp³-hybridized carbons (Fsp3) is 0.300. The topological polar surface area (TPSA) is 55.4 Å². The van der Waals surface area contributed by atoms with Gasteiger partial charge in [-0.2, -0.15) is 0 Å². The van der Waals surface area contributed by atoms with Gasteiger partial charge in [0.1, 0.15) is 11.2 Å². The van der Waals surface area contributed by atoms with Crippen molar-refractivity contribution in [1.82, 2.24) is 0 Å². The molecule has 1 aliphatic heterocycles. The fourth-order valence-corrected chi connectivity index (χ4v) is 5.02. The van der Waals surface area contributed by atoms with Crippen molar-refractivity contribution in [2.45, 2.75) is 30.3 Å². The number of benzene rings is 2. The summed E-state index contributed by atoms with van der Waals surface area (Å²) in [6.45, 7) is 0. The summed E-state index contributed by atoms with van der Waals surface area (Å²) in [6.07, 6.45) is -0.0161. The van der Waals surface area contributed by atoms with Gasteiger partial charge in [0, 0.05) is 41.1 Å². The van der Waals surface area contributed by atoms with Crippen LogP contribution in [0, 0.1) is 0 Å². The highest BCUT2D eigenvalue weighted by Crippen LogP contribution is 2.55.